The van der Waals surface area contributed by atoms with E-state index in [1.165, 1.54) is 6.08 Å². The second-order valence-electron chi connectivity index (χ2n) is 4.36. The number of hydrogen-bond acceptors (Lipinski definition) is 2. The van der Waals surface area contributed by atoms with E-state index in [9.17, 15) is 4.79 Å². The van der Waals surface area contributed by atoms with E-state index in [0.717, 1.165) is 27.5 Å². The Morgan fingerprint density at radius 3 is 2.55 bits per heavy atom. The van der Waals surface area contributed by atoms with Gasteiger partial charge in [0.1, 0.15) is 0 Å². The zero-order valence-electron chi connectivity index (χ0n) is 11.4. The molecule has 0 amide bonds. The lowest BCUT2D eigenvalue weighted by Crippen LogP contribution is -2.19. The standard InChI is InChI=1S/C16H13BrN2O2S/c17-13-8-6-11(7-9-15(20)21)10-14(13)19-16(22)18-12-4-2-1-3-5-12/h1-10H,(H,20,21)(H2,18,19,22)/b9-7+. The van der Waals surface area contributed by atoms with Gasteiger partial charge in [-0.05, 0) is 64.1 Å². The highest BCUT2D eigenvalue weighted by Gasteiger charge is 2.04. The van der Waals surface area contributed by atoms with Crippen molar-refractivity contribution in [3.8, 4) is 0 Å². The van der Waals surface area contributed by atoms with Gasteiger partial charge in [-0.2, -0.15) is 0 Å². The maximum Gasteiger partial charge on any atom is 0.328 e. The van der Waals surface area contributed by atoms with Gasteiger partial charge in [0.2, 0.25) is 0 Å². The minimum absolute atomic E-state index is 0.450. The summed E-state index contributed by atoms with van der Waals surface area (Å²) in [5.74, 6) is -0.987. The molecule has 0 atom stereocenters. The summed E-state index contributed by atoms with van der Waals surface area (Å²) in [6.45, 7) is 0. The second-order valence-corrected chi connectivity index (χ2v) is 5.62. The van der Waals surface area contributed by atoms with Crippen LogP contribution in [0.4, 0.5) is 11.4 Å². The Kier molecular flexibility index (Phi) is 5.68. The van der Waals surface area contributed by atoms with Crippen molar-refractivity contribution in [2.24, 2.45) is 0 Å². The maximum absolute atomic E-state index is 10.6. The lowest BCUT2D eigenvalue weighted by Gasteiger charge is -2.12. The first kappa shape index (κ1) is 16.2. The average Bonchev–Trinajstić information content (AvgIpc) is 2.49. The Labute approximate surface area is 142 Å². The summed E-state index contributed by atoms with van der Waals surface area (Å²) in [7, 11) is 0. The number of carboxylic acid groups (broad SMARTS) is 1. The molecule has 0 unspecified atom stereocenters. The minimum atomic E-state index is -0.987. The molecule has 112 valence electrons. The smallest absolute Gasteiger partial charge is 0.328 e. The molecule has 3 N–H and O–H groups in total. The molecule has 0 aliphatic rings. The van der Waals surface area contributed by atoms with Crippen LogP contribution in [0.5, 0.6) is 0 Å². The van der Waals surface area contributed by atoms with Crippen molar-refractivity contribution < 1.29 is 9.90 Å². The van der Waals surface area contributed by atoms with Crippen molar-refractivity contribution in [3.05, 3.63) is 64.6 Å². The van der Waals surface area contributed by atoms with Gasteiger partial charge in [-0.1, -0.05) is 24.3 Å². The Bertz CT molecular complexity index is 717. The zero-order chi connectivity index (χ0) is 15.9. The summed E-state index contributed by atoms with van der Waals surface area (Å²) in [5, 5.41) is 15.3. The third kappa shape index (κ3) is 4.98. The molecule has 2 rings (SSSR count). The number of nitrogens with one attached hydrogen (secondary N) is 2. The van der Waals surface area contributed by atoms with Gasteiger partial charge in [-0.15, -0.1) is 0 Å². The molecule has 0 saturated carbocycles. The van der Waals surface area contributed by atoms with E-state index in [2.05, 4.69) is 26.6 Å². The number of carbonyl (C=O) groups is 1. The van der Waals surface area contributed by atoms with Gasteiger partial charge in [-0.3, -0.25) is 0 Å². The molecule has 0 aromatic heterocycles. The summed E-state index contributed by atoms with van der Waals surface area (Å²) in [6.07, 6.45) is 2.61. The first-order chi connectivity index (χ1) is 10.5. The van der Waals surface area contributed by atoms with Crippen molar-refractivity contribution in [2.45, 2.75) is 0 Å². The highest BCUT2D eigenvalue weighted by atomic mass is 79.9. The summed E-state index contributed by atoms with van der Waals surface area (Å²) in [4.78, 5) is 10.6. The molecule has 2 aromatic carbocycles. The van der Waals surface area contributed by atoms with Gasteiger partial charge < -0.3 is 15.7 Å². The topological polar surface area (TPSA) is 61.4 Å². The van der Waals surface area contributed by atoms with Crippen LogP contribution in [0, 0.1) is 0 Å². The molecule has 4 nitrogen and oxygen atoms in total. The molecule has 0 bridgehead atoms. The predicted molar refractivity (Wildman–Crippen MR) is 97.1 cm³/mol. The highest BCUT2D eigenvalue weighted by molar-refractivity contribution is 9.10. The summed E-state index contributed by atoms with van der Waals surface area (Å²) < 4.78 is 0.831. The Balaban J connectivity index is 2.09. The summed E-state index contributed by atoms with van der Waals surface area (Å²) in [6, 6.07) is 15.0. The van der Waals surface area contributed by atoms with Crippen LogP contribution in [0.3, 0.4) is 0 Å². The van der Waals surface area contributed by atoms with Crippen LogP contribution in [0.1, 0.15) is 5.56 Å². The first-order valence-electron chi connectivity index (χ1n) is 6.38. The van der Waals surface area contributed by atoms with E-state index in [-0.39, 0.29) is 0 Å². The number of rotatable bonds is 4. The van der Waals surface area contributed by atoms with Crippen LogP contribution in [-0.4, -0.2) is 16.2 Å². The fourth-order valence-electron chi connectivity index (χ4n) is 1.72. The minimum Gasteiger partial charge on any atom is -0.478 e. The monoisotopic (exact) mass is 376 g/mol. The van der Waals surface area contributed by atoms with Crippen LogP contribution in [-0.2, 0) is 4.79 Å². The van der Waals surface area contributed by atoms with Crippen molar-refractivity contribution in [1.82, 2.24) is 0 Å². The number of para-hydroxylation sites is 1. The van der Waals surface area contributed by atoms with Gasteiger partial charge in [0.15, 0.2) is 5.11 Å². The summed E-state index contributed by atoms with van der Waals surface area (Å²) >= 11 is 8.71. The van der Waals surface area contributed by atoms with Gasteiger partial charge in [-0.25, -0.2) is 4.79 Å². The highest BCUT2D eigenvalue weighted by Crippen LogP contribution is 2.24. The van der Waals surface area contributed by atoms with Gasteiger partial charge in [0.05, 0.1) is 5.69 Å². The average molecular weight is 377 g/mol. The molecule has 0 heterocycles. The Hall–Kier alpha value is -2.18. The predicted octanol–water partition coefficient (Wildman–Crippen LogP) is 4.36. The third-order valence-electron chi connectivity index (χ3n) is 2.69. The van der Waals surface area contributed by atoms with Crippen LogP contribution < -0.4 is 10.6 Å². The van der Waals surface area contributed by atoms with Crippen LogP contribution >= 0.6 is 28.1 Å². The van der Waals surface area contributed by atoms with E-state index >= 15 is 0 Å². The number of hydrogen-bond donors (Lipinski definition) is 3. The van der Waals surface area contributed by atoms with E-state index in [1.54, 1.807) is 0 Å². The van der Waals surface area contributed by atoms with Gasteiger partial charge in [0, 0.05) is 16.2 Å². The SMILES string of the molecule is O=C(O)/C=C/c1ccc(Br)c(NC(=S)Nc2ccccc2)c1. The largest absolute Gasteiger partial charge is 0.478 e. The normalized spacial score (nSPS) is 10.4. The molecule has 2 aromatic rings. The van der Waals surface area contributed by atoms with E-state index < -0.39 is 5.97 Å². The number of aliphatic carboxylic acids is 1. The number of carboxylic acids is 1. The molecule has 6 heteroatoms. The van der Waals surface area contributed by atoms with Crippen LogP contribution in [0.2, 0.25) is 0 Å². The van der Waals surface area contributed by atoms with Crippen molar-refractivity contribution in [3.63, 3.8) is 0 Å². The fraction of sp³-hybridized carbons (Fsp3) is 0. The van der Waals surface area contributed by atoms with E-state index in [4.69, 9.17) is 17.3 Å². The molecule has 0 aliphatic carbocycles. The maximum atomic E-state index is 10.6. The first-order valence-corrected chi connectivity index (χ1v) is 7.58. The van der Waals surface area contributed by atoms with Crippen molar-refractivity contribution in [2.75, 3.05) is 10.6 Å². The molecule has 0 spiro atoms. The number of benzene rings is 2. The molecule has 0 radical (unpaired) electrons. The van der Waals surface area contributed by atoms with Crippen molar-refractivity contribution in [1.29, 1.82) is 0 Å². The second kappa shape index (κ2) is 7.72. The van der Waals surface area contributed by atoms with Crippen LogP contribution in [0.15, 0.2) is 59.1 Å². The molecule has 0 aliphatic heterocycles. The number of halogens is 1. The van der Waals surface area contributed by atoms with Crippen LogP contribution in [0.25, 0.3) is 6.08 Å². The van der Waals surface area contributed by atoms with E-state index in [1.807, 2.05) is 48.5 Å². The zero-order valence-corrected chi connectivity index (χ0v) is 13.8. The Morgan fingerprint density at radius 1 is 1.14 bits per heavy atom. The van der Waals surface area contributed by atoms with Gasteiger partial charge in [0.25, 0.3) is 0 Å². The van der Waals surface area contributed by atoms with Crippen molar-refractivity contribution >= 4 is 56.7 Å². The van der Waals surface area contributed by atoms with E-state index in [0.29, 0.717) is 5.11 Å². The lowest BCUT2D eigenvalue weighted by atomic mass is 10.2. The third-order valence-corrected chi connectivity index (χ3v) is 3.58. The fourth-order valence-corrected chi connectivity index (χ4v) is 2.29. The molecular weight excluding hydrogens is 364 g/mol. The molecular formula is C16H13BrN2O2S. The summed E-state index contributed by atoms with van der Waals surface area (Å²) in [5.41, 5.74) is 2.40. The molecule has 0 saturated heterocycles. The van der Waals surface area contributed by atoms with Gasteiger partial charge >= 0.3 is 5.97 Å². The number of anilines is 2. The lowest BCUT2D eigenvalue weighted by molar-refractivity contribution is -0.131. The quantitative estimate of drug-likeness (QED) is 0.546. The molecule has 22 heavy (non-hydrogen) atoms. The number of thiocarbonyl (C=S) groups is 1. The molecule has 0 fully saturated rings. The Morgan fingerprint density at radius 2 is 1.86 bits per heavy atom.